The molecule has 0 aliphatic carbocycles. The van der Waals surface area contributed by atoms with Gasteiger partial charge in [-0.15, -0.1) is 11.3 Å². The number of unbranched alkanes of at least 4 members (excludes halogenated alkanes) is 2. The minimum Gasteiger partial charge on any atom is -0.494 e. The zero-order valence-electron chi connectivity index (χ0n) is 15.7. The highest BCUT2D eigenvalue weighted by Crippen LogP contribution is 2.35. The molecule has 0 saturated carbocycles. The predicted octanol–water partition coefficient (Wildman–Crippen LogP) is 6.44. The first-order valence-corrected chi connectivity index (χ1v) is 10.0. The molecule has 0 atom stereocenters. The van der Waals surface area contributed by atoms with Gasteiger partial charge in [0, 0.05) is 9.75 Å². The molecule has 2 aromatic carbocycles. The highest BCUT2D eigenvalue weighted by Gasteiger charge is 2.08. The molecule has 1 heterocycles. The van der Waals surface area contributed by atoms with Crippen molar-refractivity contribution < 1.29 is 14.3 Å². The standard InChI is InChI=1S/C23H24O3S/c1-3-4-5-16-26-20-12-10-18(11-13-20)22-15-14-21(27-22)17-6-8-19(9-7-17)23(24)25-2/h6-15H,3-5,16H2,1-2H3. The van der Waals surface area contributed by atoms with Gasteiger partial charge in [-0.1, -0.05) is 31.9 Å². The third-order valence-electron chi connectivity index (χ3n) is 4.35. The van der Waals surface area contributed by atoms with Gasteiger partial charge in [-0.25, -0.2) is 4.79 Å². The first-order valence-electron chi connectivity index (χ1n) is 9.23. The van der Waals surface area contributed by atoms with Crippen LogP contribution >= 0.6 is 11.3 Å². The second-order valence-corrected chi connectivity index (χ2v) is 7.40. The molecule has 140 valence electrons. The summed E-state index contributed by atoms with van der Waals surface area (Å²) in [5, 5.41) is 0. The van der Waals surface area contributed by atoms with Crippen LogP contribution in [-0.2, 0) is 4.74 Å². The molecule has 0 unspecified atom stereocenters. The van der Waals surface area contributed by atoms with E-state index in [1.807, 2.05) is 24.3 Å². The molecule has 0 amide bonds. The maximum absolute atomic E-state index is 11.5. The van der Waals surface area contributed by atoms with Crippen molar-refractivity contribution >= 4 is 17.3 Å². The van der Waals surface area contributed by atoms with Crippen LogP contribution in [-0.4, -0.2) is 19.7 Å². The van der Waals surface area contributed by atoms with Crippen molar-refractivity contribution in [3.8, 4) is 26.6 Å². The number of methoxy groups -OCH3 is 1. The number of carbonyl (C=O) groups is 1. The van der Waals surface area contributed by atoms with Crippen LogP contribution in [0.15, 0.2) is 60.7 Å². The topological polar surface area (TPSA) is 35.5 Å². The molecule has 0 N–H and O–H groups in total. The van der Waals surface area contributed by atoms with Gasteiger partial charge in [0.1, 0.15) is 5.75 Å². The Balaban J connectivity index is 1.67. The molecule has 0 aliphatic rings. The number of thiophene rings is 1. The summed E-state index contributed by atoms with van der Waals surface area (Å²) in [6, 6.07) is 20.0. The van der Waals surface area contributed by atoms with Gasteiger partial charge in [-0.05, 0) is 66.1 Å². The molecule has 3 nitrogen and oxygen atoms in total. The quantitative estimate of drug-likeness (QED) is 0.333. The fraction of sp³-hybridized carbons (Fsp3) is 0.261. The van der Waals surface area contributed by atoms with Crippen LogP contribution in [0, 0.1) is 0 Å². The van der Waals surface area contributed by atoms with Crippen LogP contribution in [0.3, 0.4) is 0 Å². The Bertz CT molecular complexity index is 863. The average molecular weight is 381 g/mol. The monoisotopic (exact) mass is 380 g/mol. The lowest BCUT2D eigenvalue weighted by molar-refractivity contribution is 0.0601. The Morgan fingerprint density at radius 3 is 2.00 bits per heavy atom. The third-order valence-corrected chi connectivity index (χ3v) is 5.54. The number of carbonyl (C=O) groups excluding carboxylic acids is 1. The fourth-order valence-corrected chi connectivity index (χ4v) is 3.81. The van der Waals surface area contributed by atoms with E-state index in [1.54, 1.807) is 23.5 Å². The van der Waals surface area contributed by atoms with Crippen molar-refractivity contribution in [2.45, 2.75) is 26.2 Å². The second-order valence-electron chi connectivity index (χ2n) is 6.31. The second kappa shape index (κ2) is 9.38. The zero-order valence-corrected chi connectivity index (χ0v) is 16.6. The molecule has 27 heavy (non-hydrogen) atoms. The number of benzene rings is 2. The summed E-state index contributed by atoms with van der Waals surface area (Å²) in [6.07, 6.45) is 3.51. The van der Waals surface area contributed by atoms with E-state index < -0.39 is 0 Å². The van der Waals surface area contributed by atoms with Crippen molar-refractivity contribution in [1.82, 2.24) is 0 Å². The van der Waals surface area contributed by atoms with Gasteiger partial charge in [-0.2, -0.15) is 0 Å². The maximum atomic E-state index is 11.5. The summed E-state index contributed by atoms with van der Waals surface area (Å²) in [4.78, 5) is 13.9. The summed E-state index contributed by atoms with van der Waals surface area (Å²) in [7, 11) is 1.39. The van der Waals surface area contributed by atoms with Gasteiger partial charge in [-0.3, -0.25) is 0 Å². The van der Waals surface area contributed by atoms with Gasteiger partial charge >= 0.3 is 5.97 Å². The number of esters is 1. The Labute approximate surface area is 164 Å². The summed E-state index contributed by atoms with van der Waals surface area (Å²) in [6.45, 7) is 2.97. The Hall–Kier alpha value is -2.59. The van der Waals surface area contributed by atoms with Crippen LogP contribution in [0.1, 0.15) is 36.5 Å². The molecule has 0 fully saturated rings. The Kier molecular flexibility index (Phi) is 6.66. The normalized spacial score (nSPS) is 10.6. The molecular formula is C23H24O3S. The largest absolute Gasteiger partial charge is 0.494 e. The van der Waals surface area contributed by atoms with E-state index in [4.69, 9.17) is 9.47 Å². The van der Waals surface area contributed by atoms with Crippen LogP contribution in [0.2, 0.25) is 0 Å². The van der Waals surface area contributed by atoms with Gasteiger partial charge in [0.25, 0.3) is 0 Å². The maximum Gasteiger partial charge on any atom is 0.337 e. The van der Waals surface area contributed by atoms with Gasteiger partial charge in [0.2, 0.25) is 0 Å². The first kappa shape index (κ1) is 19.2. The van der Waals surface area contributed by atoms with E-state index >= 15 is 0 Å². The zero-order chi connectivity index (χ0) is 19.1. The van der Waals surface area contributed by atoms with Crippen molar-refractivity contribution in [2.24, 2.45) is 0 Å². The summed E-state index contributed by atoms with van der Waals surface area (Å²) in [5.41, 5.74) is 2.83. The van der Waals surface area contributed by atoms with E-state index in [9.17, 15) is 4.79 Å². The molecule has 3 rings (SSSR count). The lowest BCUT2D eigenvalue weighted by Crippen LogP contribution is -2.00. The number of hydrogen-bond acceptors (Lipinski definition) is 4. The van der Waals surface area contributed by atoms with Crippen LogP contribution in [0.25, 0.3) is 20.9 Å². The number of rotatable bonds is 8. The summed E-state index contributed by atoms with van der Waals surface area (Å²) in [5.74, 6) is 0.607. The van der Waals surface area contributed by atoms with Crippen LogP contribution < -0.4 is 4.74 Å². The van der Waals surface area contributed by atoms with Crippen LogP contribution in [0.4, 0.5) is 0 Å². The molecule has 0 bridgehead atoms. The molecule has 3 aromatic rings. The van der Waals surface area contributed by atoms with Gasteiger partial charge in [0.15, 0.2) is 0 Å². The molecule has 0 saturated heterocycles. The third kappa shape index (κ3) is 4.98. The van der Waals surface area contributed by atoms with Gasteiger partial charge in [0.05, 0.1) is 19.3 Å². The van der Waals surface area contributed by atoms with Crippen molar-refractivity contribution in [3.63, 3.8) is 0 Å². The van der Waals surface area contributed by atoms with Gasteiger partial charge < -0.3 is 9.47 Å². The van der Waals surface area contributed by atoms with Crippen LogP contribution in [0.5, 0.6) is 5.75 Å². The molecule has 1 aromatic heterocycles. The minimum atomic E-state index is -0.314. The predicted molar refractivity (Wildman–Crippen MR) is 112 cm³/mol. The van der Waals surface area contributed by atoms with Crippen molar-refractivity contribution in [1.29, 1.82) is 0 Å². The van der Waals surface area contributed by atoms with Crippen molar-refractivity contribution in [2.75, 3.05) is 13.7 Å². The first-order chi connectivity index (χ1) is 13.2. The minimum absolute atomic E-state index is 0.314. The summed E-state index contributed by atoms with van der Waals surface area (Å²) >= 11 is 1.73. The van der Waals surface area contributed by atoms with E-state index in [1.165, 1.54) is 35.3 Å². The molecular weight excluding hydrogens is 356 g/mol. The highest BCUT2D eigenvalue weighted by atomic mass is 32.1. The fourth-order valence-electron chi connectivity index (χ4n) is 2.79. The smallest absolute Gasteiger partial charge is 0.337 e. The molecule has 0 radical (unpaired) electrons. The lowest BCUT2D eigenvalue weighted by Gasteiger charge is -2.06. The number of hydrogen-bond donors (Lipinski definition) is 0. The molecule has 0 spiro atoms. The lowest BCUT2D eigenvalue weighted by atomic mass is 10.1. The Morgan fingerprint density at radius 2 is 1.44 bits per heavy atom. The number of ether oxygens (including phenoxy) is 2. The SMILES string of the molecule is CCCCCOc1ccc(-c2ccc(-c3ccc(C(=O)OC)cc3)s2)cc1. The molecule has 0 aliphatic heterocycles. The highest BCUT2D eigenvalue weighted by molar-refractivity contribution is 7.18. The van der Waals surface area contributed by atoms with E-state index in [2.05, 4.69) is 31.2 Å². The van der Waals surface area contributed by atoms with Crippen molar-refractivity contribution in [3.05, 3.63) is 66.2 Å². The average Bonchev–Trinajstić information content (AvgIpc) is 3.21. The van der Waals surface area contributed by atoms with E-state index in [-0.39, 0.29) is 5.97 Å². The summed E-state index contributed by atoms with van der Waals surface area (Å²) < 4.78 is 10.5. The Morgan fingerprint density at radius 1 is 0.852 bits per heavy atom. The van der Waals surface area contributed by atoms with E-state index in [0.29, 0.717) is 5.56 Å². The molecule has 4 heteroatoms. The van der Waals surface area contributed by atoms with E-state index in [0.717, 1.165) is 24.3 Å².